The van der Waals surface area contributed by atoms with Crippen LogP contribution >= 0.6 is 11.3 Å². The van der Waals surface area contributed by atoms with Gasteiger partial charge in [-0.3, -0.25) is 14.5 Å². The standard InChI is InChI=1S/C21H19N5O2S/c1-12-5-7-17(9-13(12)2)26(15(4)27)21-23-16(11-29-21)6-8-19-14(3)18(10-22)20(28)25-24-19/h5-9,11H,1-4H3,(H,25,28)/b8-6+. The molecular formula is C21H19N5O2S. The summed E-state index contributed by atoms with van der Waals surface area (Å²) in [6, 6.07) is 7.73. The SMILES string of the molecule is CC(=O)N(c1ccc(C)c(C)c1)c1nc(/C=C/c2n[nH]c(=O)c(C#N)c2C)cs1. The van der Waals surface area contributed by atoms with Crippen LogP contribution in [0.25, 0.3) is 12.2 Å². The van der Waals surface area contributed by atoms with Gasteiger partial charge in [-0.05, 0) is 61.7 Å². The minimum atomic E-state index is -0.511. The summed E-state index contributed by atoms with van der Waals surface area (Å²) in [5.41, 5.74) is 4.17. The number of aromatic nitrogens is 3. The Kier molecular flexibility index (Phi) is 5.71. The van der Waals surface area contributed by atoms with Gasteiger partial charge in [0, 0.05) is 12.3 Å². The number of amides is 1. The zero-order valence-electron chi connectivity index (χ0n) is 16.5. The van der Waals surface area contributed by atoms with Crippen LogP contribution in [-0.4, -0.2) is 21.1 Å². The number of anilines is 2. The number of nitriles is 1. The number of hydrogen-bond donors (Lipinski definition) is 1. The first-order chi connectivity index (χ1) is 13.8. The molecule has 1 N–H and O–H groups in total. The maximum Gasteiger partial charge on any atom is 0.282 e. The second kappa shape index (κ2) is 8.20. The van der Waals surface area contributed by atoms with Gasteiger partial charge in [0.05, 0.1) is 17.1 Å². The fourth-order valence-corrected chi connectivity index (χ4v) is 3.61. The number of carbonyl (C=O) groups excluding carboxylic acids is 1. The average Bonchev–Trinajstić information content (AvgIpc) is 3.12. The van der Waals surface area contributed by atoms with Crippen molar-refractivity contribution in [2.45, 2.75) is 27.7 Å². The lowest BCUT2D eigenvalue weighted by Crippen LogP contribution is -2.22. The summed E-state index contributed by atoms with van der Waals surface area (Å²) in [5, 5.41) is 17.8. The van der Waals surface area contributed by atoms with Crippen LogP contribution in [0.15, 0.2) is 28.4 Å². The molecule has 0 aliphatic rings. The van der Waals surface area contributed by atoms with Crippen molar-refractivity contribution in [3.8, 4) is 6.07 Å². The molecule has 0 unspecified atom stereocenters. The first-order valence-corrected chi connectivity index (χ1v) is 9.70. The molecule has 3 aromatic rings. The first kappa shape index (κ1) is 20.2. The molecule has 146 valence electrons. The number of carbonyl (C=O) groups is 1. The number of nitrogens with zero attached hydrogens (tertiary/aromatic N) is 4. The second-order valence-corrected chi connectivity index (χ2v) is 7.40. The smallest absolute Gasteiger partial charge is 0.274 e. The lowest BCUT2D eigenvalue weighted by Gasteiger charge is -2.19. The highest BCUT2D eigenvalue weighted by Crippen LogP contribution is 2.30. The van der Waals surface area contributed by atoms with Crippen molar-refractivity contribution in [3.05, 3.63) is 67.6 Å². The van der Waals surface area contributed by atoms with E-state index in [-0.39, 0.29) is 11.5 Å². The van der Waals surface area contributed by atoms with E-state index in [4.69, 9.17) is 5.26 Å². The molecule has 2 heterocycles. The van der Waals surface area contributed by atoms with Gasteiger partial charge in [-0.25, -0.2) is 10.1 Å². The summed E-state index contributed by atoms with van der Waals surface area (Å²) in [7, 11) is 0. The molecule has 0 aliphatic heterocycles. The molecule has 0 saturated carbocycles. The molecule has 0 atom stereocenters. The molecule has 0 aliphatic carbocycles. The van der Waals surface area contributed by atoms with Gasteiger partial charge >= 0.3 is 0 Å². The van der Waals surface area contributed by atoms with Crippen molar-refractivity contribution in [1.82, 2.24) is 15.2 Å². The van der Waals surface area contributed by atoms with Gasteiger partial charge in [-0.15, -0.1) is 11.3 Å². The third kappa shape index (κ3) is 4.15. The van der Waals surface area contributed by atoms with Crippen molar-refractivity contribution in [2.24, 2.45) is 0 Å². The largest absolute Gasteiger partial charge is 0.282 e. The Hall–Kier alpha value is -3.57. The van der Waals surface area contributed by atoms with Crippen LogP contribution in [0.4, 0.5) is 10.8 Å². The van der Waals surface area contributed by atoms with Gasteiger partial charge < -0.3 is 0 Å². The van der Waals surface area contributed by atoms with E-state index < -0.39 is 5.56 Å². The number of aryl methyl sites for hydroxylation is 2. The Morgan fingerprint density at radius 1 is 1.24 bits per heavy atom. The lowest BCUT2D eigenvalue weighted by atomic mass is 10.1. The average molecular weight is 405 g/mol. The quantitative estimate of drug-likeness (QED) is 0.709. The highest BCUT2D eigenvalue weighted by molar-refractivity contribution is 7.14. The van der Waals surface area contributed by atoms with Crippen molar-refractivity contribution in [3.63, 3.8) is 0 Å². The first-order valence-electron chi connectivity index (χ1n) is 8.82. The van der Waals surface area contributed by atoms with E-state index in [0.717, 1.165) is 16.8 Å². The van der Waals surface area contributed by atoms with Gasteiger partial charge in [0.15, 0.2) is 5.13 Å². The summed E-state index contributed by atoms with van der Waals surface area (Å²) in [4.78, 5) is 30.0. The van der Waals surface area contributed by atoms with E-state index in [1.165, 1.54) is 18.3 Å². The molecule has 7 nitrogen and oxygen atoms in total. The minimum absolute atomic E-state index is 0.0381. The fraction of sp³-hybridized carbons (Fsp3) is 0.190. The van der Waals surface area contributed by atoms with E-state index in [1.54, 1.807) is 24.0 Å². The van der Waals surface area contributed by atoms with Crippen molar-refractivity contribution in [2.75, 3.05) is 4.90 Å². The predicted octanol–water partition coefficient (Wildman–Crippen LogP) is 3.88. The maximum atomic E-state index is 12.3. The molecule has 0 fully saturated rings. The van der Waals surface area contributed by atoms with Crippen LogP contribution in [0.2, 0.25) is 0 Å². The fourth-order valence-electron chi connectivity index (χ4n) is 2.76. The Bertz CT molecular complexity index is 1220. The molecule has 29 heavy (non-hydrogen) atoms. The third-order valence-electron chi connectivity index (χ3n) is 4.55. The summed E-state index contributed by atoms with van der Waals surface area (Å²) in [6.45, 7) is 7.20. The van der Waals surface area contributed by atoms with E-state index in [9.17, 15) is 9.59 Å². The second-order valence-electron chi connectivity index (χ2n) is 6.56. The van der Waals surface area contributed by atoms with Gasteiger partial charge in [-0.2, -0.15) is 10.4 Å². The molecule has 0 spiro atoms. The zero-order chi connectivity index (χ0) is 21.1. The highest BCUT2D eigenvalue weighted by atomic mass is 32.1. The molecule has 1 aromatic carbocycles. The maximum absolute atomic E-state index is 12.3. The van der Waals surface area contributed by atoms with Crippen molar-refractivity contribution >= 4 is 40.2 Å². The van der Waals surface area contributed by atoms with Gasteiger partial charge in [-0.1, -0.05) is 6.07 Å². The van der Waals surface area contributed by atoms with Crippen LogP contribution in [0, 0.1) is 32.1 Å². The summed E-state index contributed by atoms with van der Waals surface area (Å²) in [6.07, 6.45) is 3.41. The molecule has 0 bridgehead atoms. The Morgan fingerprint density at radius 3 is 2.66 bits per heavy atom. The number of rotatable bonds is 4. The molecule has 2 aromatic heterocycles. The Morgan fingerprint density at radius 2 is 2.00 bits per heavy atom. The van der Waals surface area contributed by atoms with E-state index in [2.05, 4.69) is 15.2 Å². The normalized spacial score (nSPS) is 10.9. The van der Waals surface area contributed by atoms with Crippen LogP contribution < -0.4 is 10.5 Å². The molecule has 3 rings (SSSR count). The number of nitrogens with one attached hydrogen (secondary N) is 1. The summed E-state index contributed by atoms with van der Waals surface area (Å²) in [5.74, 6) is -0.130. The van der Waals surface area contributed by atoms with Crippen LogP contribution in [0.1, 0.15) is 40.6 Å². The highest BCUT2D eigenvalue weighted by Gasteiger charge is 2.18. The van der Waals surface area contributed by atoms with Crippen LogP contribution in [-0.2, 0) is 4.79 Å². The lowest BCUT2D eigenvalue weighted by molar-refractivity contribution is -0.115. The molecular weight excluding hydrogens is 386 g/mol. The van der Waals surface area contributed by atoms with Crippen LogP contribution in [0.3, 0.4) is 0 Å². The van der Waals surface area contributed by atoms with Crippen molar-refractivity contribution < 1.29 is 4.79 Å². The topological polar surface area (TPSA) is 103 Å². The van der Waals surface area contributed by atoms with E-state index >= 15 is 0 Å². The molecule has 0 radical (unpaired) electrons. The Balaban J connectivity index is 1.92. The minimum Gasteiger partial charge on any atom is -0.274 e. The van der Waals surface area contributed by atoms with Gasteiger partial charge in [0.25, 0.3) is 5.56 Å². The van der Waals surface area contributed by atoms with Gasteiger partial charge in [0.2, 0.25) is 5.91 Å². The summed E-state index contributed by atoms with van der Waals surface area (Å²) >= 11 is 1.35. The van der Waals surface area contributed by atoms with Crippen molar-refractivity contribution in [1.29, 1.82) is 5.26 Å². The Labute approximate surface area is 172 Å². The predicted molar refractivity (Wildman–Crippen MR) is 114 cm³/mol. The number of benzene rings is 1. The third-order valence-corrected chi connectivity index (χ3v) is 5.40. The summed E-state index contributed by atoms with van der Waals surface area (Å²) < 4.78 is 0. The molecule has 8 heteroatoms. The van der Waals surface area contributed by atoms with Crippen LogP contribution in [0.5, 0.6) is 0 Å². The molecule has 1 amide bonds. The number of thiazole rings is 1. The van der Waals surface area contributed by atoms with Gasteiger partial charge in [0.1, 0.15) is 11.6 Å². The monoisotopic (exact) mass is 405 g/mol. The van der Waals surface area contributed by atoms with E-state index in [1.807, 2.05) is 43.5 Å². The number of hydrogen-bond acceptors (Lipinski definition) is 6. The molecule has 0 saturated heterocycles. The van der Waals surface area contributed by atoms with E-state index in [0.29, 0.717) is 22.1 Å². The number of H-pyrrole nitrogens is 1. The zero-order valence-corrected chi connectivity index (χ0v) is 17.3. The number of aromatic amines is 1.